The van der Waals surface area contributed by atoms with Crippen molar-refractivity contribution >= 4 is 34.8 Å². The molecule has 2 aromatic rings. The minimum absolute atomic E-state index is 0.0289. The number of piperidine rings is 1. The van der Waals surface area contributed by atoms with Crippen molar-refractivity contribution in [2.24, 2.45) is 0 Å². The molecule has 2 amide bonds. The van der Waals surface area contributed by atoms with E-state index in [9.17, 15) is 14.4 Å². The van der Waals surface area contributed by atoms with Gasteiger partial charge in [0, 0.05) is 39.1 Å². The Labute approximate surface area is 179 Å². The van der Waals surface area contributed by atoms with Crippen LogP contribution in [0.1, 0.15) is 31.2 Å². The van der Waals surface area contributed by atoms with Crippen LogP contribution in [0.5, 0.6) is 0 Å². The second kappa shape index (κ2) is 8.47. The Morgan fingerprint density at radius 1 is 1.10 bits per heavy atom. The van der Waals surface area contributed by atoms with Gasteiger partial charge in [0.05, 0.1) is 29.2 Å². The van der Waals surface area contributed by atoms with E-state index in [0.717, 1.165) is 11.3 Å². The molecule has 0 bridgehead atoms. The summed E-state index contributed by atoms with van der Waals surface area (Å²) in [5.74, 6) is -0.949. The van der Waals surface area contributed by atoms with E-state index in [1.165, 1.54) is 0 Å². The van der Waals surface area contributed by atoms with E-state index in [4.69, 9.17) is 11.6 Å². The summed E-state index contributed by atoms with van der Waals surface area (Å²) >= 11 is 6.71. The summed E-state index contributed by atoms with van der Waals surface area (Å²) in [5, 5.41) is 2.95. The number of amides is 2. The molecule has 1 aromatic heterocycles. The van der Waals surface area contributed by atoms with Crippen molar-refractivity contribution in [2.75, 3.05) is 36.0 Å². The van der Waals surface area contributed by atoms with Gasteiger partial charge in [0.1, 0.15) is 5.69 Å². The van der Waals surface area contributed by atoms with Gasteiger partial charge in [0.25, 0.3) is 5.56 Å². The number of aryl methyl sites for hydroxylation is 1. The Bertz CT molecular complexity index is 1030. The molecule has 1 unspecified atom stereocenters. The fourth-order valence-corrected chi connectivity index (χ4v) is 4.49. The summed E-state index contributed by atoms with van der Waals surface area (Å²) < 4.78 is 1.60. The van der Waals surface area contributed by atoms with Gasteiger partial charge in [-0.1, -0.05) is 23.7 Å². The summed E-state index contributed by atoms with van der Waals surface area (Å²) in [6.07, 6.45) is 3.96. The number of nitrogens with zero attached hydrogens (tertiary/aromatic N) is 4. The van der Waals surface area contributed by atoms with Gasteiger partial charge in [-0.05, 0) is 25.0 Å². The van der Waals surface area contributed by atoms with Crippen LogP contribution < -0.4 is 20.7 Å². The molecule has 0 spiro atoms. The molecule has 0 aliphatic carbocycles. The van der Waals surface area contributed by atoms with Crippen LogP contribution in [0.3, 0.4) is 0 Å². The quantitative estimate of drug-likeness (QED) is 0.745. The van der Waals surface area contributed by atoms with Gasteiger partial charge in [-0.2, -0.15) is 0 Å². The molecule has 1 atom stereocenters. The highest BCUT2D eigenvalue weighted by molar-refractivity contribution is 6.34. The van der Waals surface area contributed by atoms with E-state index < -0.39 is 5.92 Å². The average molecular weight is 430 g/mol. The predicted octanol–water partition coefficient (Wildman–Crippen LogP) is 1.76. The largest absolute Gasteiger partial charge is 0.367 e. The Balaban J connectivity index is 1.51. The summed E-state index contributed by atoms with van der Waals surface area (Å²) in [4.78, 5) is 44.7. The van der Waals surface area contributed by atoms with Crippen LogP contribution >= 0.6 is 11.6 Å². The lowest BCUT2D eigenvalue weighted by Crippen LogP contribution is -2.48. The normalized spacial score (nSPS) is 19.7. The summed E-state index contributed by atoms with van der Waals surface area (Å²) in [6.45, 7) is 5.23. The maximum absolute atomic E-state index is 12.6. The highest BCUT2D eigenvalue weighted by Crippen LogP contribution is 2.37. The van der Waals surface area contributed by atoms with Crippen molar-refractivity contribution in [3.63, 3.8) is 0 Å². The molecule has 2 fully saturated rings. The number of halogens is 1. The molecule has 2 aliphatic rings. The summed E-state index contributed by atoms with van der Waals surface area (Å²) in [5.41, 5.74) is 2.21. The van der Waals surface area contributed by atoms with Crippen LogP contribution in [0, 0.1) is 0 Å². The van der Waals surface area contributed by atoms with Crippen LogP contribution in [0.15, 0.2) is 35.5 Å². The maximum atomic E-state index is 12.6. The van der Waals surface area contributed by atoms with E-state index in [-0.39, 0.29) is 17.4 Å². The third-order valence-corrected chi connectivity index (χ3v) is 6.22. The van der Waals surface area contributed by atoms with Crippen molar-refractivity contribution < 1.29 is 9.59 Å². The molecule has 2 aliphatic heterocycles. The summed E-state index contributed by atoms with van der Waals surface area (Å²) in [6, 6.07) is 5.69. The number of anilines is 2. The third kappa shape index (κ3) is 3.79. The van der Waals surface area contributed by atoms with E-state index in [1.807, 2.05) is 25.1 Å². The predicted molar refractivity (Wildman–Crippen MR) is 115 cm³/mol. The molecule has 2 saturated heterocycles. The molecule has 30 heavy (non-hydrogen) atoms. The van der Waals surface area contributed by atoms with Gasteiger partial charge in [0.15, 0.2) is 0 Å². The van der Waals surface area contributed by atoms with Crippen LogP contribution in [0.25, 0.3) is 0 Å². The van der Waals surface area contributed by atoms with Crippen molar-refractivity contribution in [3.05, 3.63) is 51.7 Å². The third-order valence-electron chi connectivity index (χ3n) is 5.81. The second-order valence-corrected chi connectivity index (χ2v) is 7.91. The van der Waals surface area contributed by atoms with Gasteiger partial charge >= 0.3 is 0 Å². The number of aromatic nitrogens is 2. The van der Waals surface area contributed by atoms with Crippen molar-refractivity contribution in [2.45, 2.75) is 32.2 Å². The van der Waals surface area contributed by atoms with E-state index >= 15 is 0 Å². The molecule has 4 rings (SSSR count). The molecular weight excluding hydrogens is 406 g/mol. The highest BCUT2D eigenvalue weighted by Gasteiger charge is 2.31. The van der Waals surface area contributed by atoms with Gasteiger partial charge in [-0.15, -0.1) is 0 Å². The SMILES string of the molecule is CCn1cncc(N2CCN(c3cccc(C4CCC(=O)NC4=O)c3Cl)CC2)c1=O. The minimum Gasteiger partial charge on any atom is -0.367 e. The van der Waals surface area contributed by atoms with E-state index in [0.29, 0.717) is 56.3 Å². The zero-order valence-corrected chi connectivity index (χ0v) is 17.6. The van der Waals surface area contributed by atoms with Gasteiger partial charge < -0.3 is 9.80 Å². The lowest BCUT2D eigenvalue weighted by molar-refractivity contribution is -0.134. The number of piperazine rings is 1. The van der Waals surface area contributed by atoms with E-state index in [1.54, 1.807) is 17.1 Å². The summed E-state index contributed by atoms with van der Waals surface area (Å²) in [7, 11) is 0. The number of hydrogen-bond acceptors (Lipinski definition) is 6. The monoisotopic (exact) mass is 429 g/mol. The number of imide groups is 1. The number of nitrogens with one attached hydrogen (secondary N) is 1. The van der Waals surface area contributed by atoms with Crippen LogP contribution in [0.4, 0.5) is 11.4 Å². The van der Waals surface area contributed by atoms with Crippen molar-refractivity contribution in [1.82, 2.24) is 14.9 Å². The molecule has 9 heteroatoms. The van der Waals surface area contributed by atoms with Crippen LogP contribution in [-0.4, -0.2) is 47.5 Å². The Morgan fingerprint density at radius 3 is 2.47 bits per heavy atom. The fourth-order valence-electron chi connectivity index (χ4n) is 4.11. The molecule has 1 aromatic carbocycles. The Kier molecular flexibility index (Phi) is 5.76. The lowest BCUT2D eigenvalue weighted by Gasteiger charge is -2.37. The van der Waals surface area contributed by atoms with Crippen molar-refractivity contribution in [1.29, 1.82) is 0 Å². The molecular formula is C21H24ClN5O3. The highest BCUT2D eigenvalue weighted by atomic mass is 35.5. The first-order chi connectivity index (χ1) is 14.5. The van der Waals surface area contributed by atoms with Gasteiger partial charge in [-0.3, -0.25) is 24.3 Å². The second-order valence-electron chi connectivity index (χ2n) is 7.53. The molecule has 8 nitrogen and oxygen atoms in total. The Morgan fingerprint density at radius 2 is 1.80 bits per heavy atom. The minimum atomic E-state index is -0.417. The first-order valence-corrected chi connectivity index (χ1v) is 10.5. The zero-order valence-electron chi connectivity index (χ0n) is 16.8. The number of benzene rings is 1. The number of hydrogen-bond donors (Lipinski definition) is 1. The van der Waals surface area contributed by atoms with E-state index in [2.05, 4.69) is 20.1 Å². The van der Waals surface area contributed by atoms with Crippen LogP contribution in [-0.2, 0) is 16.1 Å². The molecule has 0 radical (unpaired) electrons. The molecule has 0 saturated carbocycles. The van der Waals surface area contributed by atoms with Gasteiger partial charge in [0.2, 0.25) is 11.8 Å². The molecule has 158 valence electrons. The smallest absolute Gasteiger partial charge is 0.276 e. The first-order valence-electron chi connectivity index (χ1n) is 10.2. The van der Waals surface area contributed by atoms with Gasteiger partial charge in [-0.25, -0.2) is 4.98 Å². The molecule has 3 heterocycles. The Hall–Kier alpha value is -2.87. The topological polar surface area (TPSA) is 87.5 Å². The molecule has 1 N–H and O–H groups in total. The zero-order chi connectivity index (χ0) is 21.3. The van der Waals surface area contributed by atoms with Crippen molar-refractivity contribution in [3.8, 4) is 0 Å². The maximum Gasteiger partial charge on any atom is 0.276 e. The van der Waals surface area contributed by atoms with Crippen LogP contribution in [0.2, 0.25) is 5.02 Å². The number of carbonyl (C=O) groups excluding carboxylic acids is 2. The average Bonchev–Trinajstić information content (AvgIpc) is 2.75. The first kappa shape index (κ1) is 20.4. The number of rotatable bonds is 4. The fraction of sp³-hybridized carbons (Fsp3) is 0.429. The number of carbonyl (C=O) groups is 2. The lowest BCUT2D eigenvalue weighted by atomic mass is 9.90. The standard InChI is InChI=1S/C21H24ClN5O3/c1-2-25-13-23-12-17(21(25)30)27-10-8-26(9-11-27)16-5-3-4-14(19(16)22)15-6-7-18(28)24-20(15)29/h3-5,12-13,15H,2,6-11H2,1H3,(H,24,28,29).